The van der Waals surface area contributed by atoms with Gasteiger partial charge in [0.15, 0.2) is 0 Å². The second kappa shape index (κ2) is 6.27. The summed E-state index contributed by atoms with van der Waals surface area (Å²) >= 11 is 3.15. The van der Waals surface area contributed by atoms with Gasteiger partial charge in [-0.05, 0) is 35.6 Å². The Kier molecular flexibility index (Phi) is 5.31. The second-order valence-corrected chi connectivity index (χ2v) is 5.66. The zero-order chi connectivity index (χ0) is 12.0. The van der Waals surface area contributed by atoms with E-state index in [-0.39, 0.29) is 5.91 Å². The van der Waals surface area contributed by atoms with E-state index in [9.17, 15) is 9.90 Å². The van der Waals surface area contributed by atoms with Crippen LogP contribution < -0.4 is 5.32 Å². The molecule has 0 saturated carbocycles. The molecule has 2 N–H and O–H groups in total. The number of aliphatic hydroxyl groups is 1. The summed E-state index contributed by atoms with van der Waals surface area (Å²) < 4.78 is 0. The Morgan fingerprint density at radius 2 is 2.44 bits per heavy atom. The molecule has 1 atom stereocenters. The lowest BCUT2D eigenvalue weighted by Gasteiger charge is -2.22. The van der Waals surface area contributed by atoms with Crippen molar-refractivity contribution < 1.29 is 9.90 Å². The standard InChI is InChI=1S/C11H17NO2S2/c1-11(14,8-15-2)7-12-10(13)5-9-3-4-16-6-9/h3-4,6,14H,5,7-8H2,1-2H3,(H,12,13)/t11-/m1/s1. The number of thiophene rings is 1. The van der Waals surface area contributed by atoms with Gasteiger partial charge >= 0.3 is 0 Å². The van der Waals surface area contributed by atoms with Crippen LogP contribution in [0.25, 0.3) is 0 Å². The quantitative estimate of drug-likeness (QED) is 0.814. The SMILES string of the molecule is CSC[C@](C)(O)CNC(=O)Cc1ccsc1. The van der Waals surface area contributed by atoms with Crippen LogP contribution >= 0.6 is 23.1 Å². The maximum Gasteiger partial charge on any atom is 0.224 e. The van der Waals surface area contributed by atoms with Gasteiger partial charge in [-0.15, -0.1) is 0 Å². The van der Waals surface area contributed by atoms with Crippen molar-refractivity contribution in [2.75, 3.05) is 18.6 Å². The lowest BCUT2D eigenvalue weighted by atomic mass is 10.1. The Morgan fingerprint density at radius 1 is 1.69 bits per heavy atom. The minimum absolute atomic E-state index is 0.0419. The van der Waals surface area contributed by atoms with Gasteiger partial charge < -0.3 is 10.4 Å². The van der Waals surface area contributed by atoms with Gasteiger partial charge in [-0.3, -0.25) is 4.79 Å². The van der Waals surface area contributed by atoms with Crippen molar-refractivity contribution in [3.63, 3.8) is 0 Å². The normalized spacial score (nSPS) is 14.4. The van der Waals surface area contributed by atoms with E-state index < -0.39 is 5.60 Å². The maximum absolute atomic E-state index is 11.5. The van der Waals surface area contributed by atoms with Crippen LogP contribution in [0.5, 0.6) is 0 Å². The van der Waals surface area contributed by atoms with Crippen LogP contribution in [-0.2, 0) is 11.2 Å². The van der Waals surface area contributed by atoms with Crippen LogP contribution in [0.15, 0.2) is 16.8 Å². The fourth-order valence-electron chi connectivity index (χ4n) is 1.29. The molecule has 0 aliphatic rings. The summed E-state index contributed by atoms with van der Waals surface area (Å²) in [6, 6.07) is 1.93. The van der Waals surface area contributed by atoms with Crippen LogP contribution in [-0.4, -0.2) is 35.2 Å². The smallest absolute Gasteiger partial charge is 0.224 e. The summed E-state index contributed by atoms with van der Waals surface area (Å²) in [6.07, 6.45) is 2.32. The van der Waals surface area contributed by atoms with Crippen molar-refractivity contribution in [2.45, 2.75) is 18.9 Å². The van der Waals surface area contributed by atoms with Gasteiger partial charge in [0.1, 0.15) is 0 Å². The van der Waals surface area contributed by atoms with E-state index >= 15 is 0 Å². The molecule has 1 amide bonds. The Labute approximate surface area is 104 Å². The molecule has 1 aromatic rings. The van der Waals surface area contributed by atoms with Crippen molar-refractivity contribution in [2.24, 2.45) is 0 Å². The van der Waals surface area contributed by atoms with Crippen molar-refractivity contribution in [3.05, 3.63) is 22.4 Å². The van der Waals surface area contributed by atoms with E-state index in [1.165, 1.54) is 0 Å². The van der Waals surface area contributed by atoms with Gasteiger partial charge in [-0.2, -0.15) is 23.1 Å². The van der Waals surface area contributed by atoms with Gasteiger partial charge in [0, 0.05) is 12.3 Å². The molecular formula is C11H17NO2S2. The predicted octanol–water partition coefficient (Wildman–Crippen LogP) is 1.52. The zero-order valence-electron chi connectivity index (χ0n) is 9.53. The van der Waals surface area contributed by atoms with E-state index in [1.54, 1.807) is 30.0 Å². The lowest BCUT2D eigenvalue weighted by Crippen LogP contribution is -2.42. The first-order chi connectivity index (χ1) is 7.53. The number of carbonyl (C=O) groups excluding carboxylic acids is 1. The Hall–Kier alpha value is -0.520. The van der Waals surface area contributed by atoms with E-state index in [0.717, 1.165) is 5.56 Å². The summed E-state index contributed by atoms with van der Waals surface area (Å²) in [7, 11) is 0. The fraction of sp³-hybridized carbons (Fsp3) is 0.545. The van der Waals surface area contributed by atoms with E-state index in [2.05, 4.69) is 5.32 Å². The van der Waals surface area contributed by atoms with Crippen molar-refractivity contribution in [1.29, 1.82) is 0 Å². The molecule has 1 heterocycles. The van der Waals surface area contributed by atoms with Gasteiger partial charge in [0.05, 0.1) is 12.0 Å². The molecule has 90 valence electrons. The summed E-state index contributed by atoms with van der Waals surface area (Å²) in [5.74, 6) is 0.575. The van der Waals surface area contributed by atoms with Crippen molar-refractivity contribution in [1.82, 2.24) is 5.32 Å². The molecule has 0 aliphatic carbocycles. The molecule has 0 spiro atoms. The van der Waals surface area contributed by atoms with Gasteiger partial charge in [-0.25, -0.2) is 0 Å². The molecule has 0 aromatic carbocycles. The third-order valence-corrected chi connectivity index (χ3v) is 3.71. The first-order valence-corrected chi connectivity index (χ1v) is 7.36. The summed E-state index contributed by atoms with van der Waals surface area (Å²) in [4.78, 5) is 11.5. The third kappa shape index (κ3) is 5.01. The number of hydrogen-bond acceptors (Lipinski definition) is 4. The lowest BCUT2D eigenvalue weighted by molar-refractivity contribution is -0.121. The molecule has 0 fully saturated rings. The highest BCUT2D eigenvalue weighted by Crippen LogP contribution is 2.10. The molecule has 16 heavy (non-hydrogen) atoms. The average Bonchev–Trinajstić information content (AvgIpc) is 2.68. The number of thioether (sulfide) groups is 1. The highest BCUT2D eigenvalue weighted by Gasteiger charge is 2.20. The number of hydrogen-bond donors (Lipinski definition) is 2. The van der Waals surface area contributed by atoms with Gasteiger partial charge in [-0.1, -0.05) is 0 Å². The highest BCUT2D eigenvalue weighted by atomic mass is 32.2. The molecular weight excluding hydrogens is 242 g/mol. The van der Waals surface area contributed by atoms with Crippen LogP contribution in [0.2, 0.25) is 0 Å². The minimum Gasteiger partial charge on any atom is -0.387 e. The number of rotatable bonds is 6. The number of carbonyl (C=O) groups is 1. The zero-order valence-corrected chi connectivity index (χ0v) is 11.2. The van der Waals surface area contributed by atoms with E-state index in [4.69, 9.17) is 0 Å². The topological polar surface area (TPSA) is 49.3 Å². The number of nitrogens with one attached hydrogen (secondary N) is 1. The third-order valence-electron chi connectivity index (χ3n) is 2.07. The Balaban J connectivity index is 2.30. The van der Waals surface area contributed by atoms with Crippen LogP contribution in [0, 0.1) is 0 Å². The van der Waals surface area contributed by atoms with Crippen molar-refractivity contribution >= 4 is 29.0 Å². The summed E-state index contributed by atoms with van der Waals surface area (Å²) in [5.41, 5.74) is 0.191. The first kappa shape index (κ1) is 13.5. The van der Waals surface area contributed by atoms with Crippen LogP contribution in [0.4, 0.5) is 0 Å². The van der Waals surface area contributed by atoms with Gasteiger partial charge in [0.25, 0.3) is 0 Å². The molecule has 0 saturated heterocycles. The fourth-order valence-corrected chi connectivity index (χ4v) is 2.68. The highest BCUT2D eigenvalue weighted by molar-refractivity contribution is 7.98. The second-order valence-electron chi connectivity index (χ2n) is 4.02. The molecule has 5 heteroatoms. The minimum atomic E-state index is -0.830. The molecule has 0 aliphatic heterocycles. The first-order valence-electron chi connectivity index (χ1n) is 5.02. The molecule has 0 radical (unpaired) electrons. The van der Waals surface area contributed by atoms with Gasteiger partial charge in [0.2, 0.25) is 5.91 Å². The molecule has 3 nitrogen and oxygen atoms in total. The van der Waals surface area contributed by atoms with Crippen molar-refractivity contribution in [3.8, 4) is 0 Å². The maximum atomic E-state index is 11.5. The molecule has 1 rings (SSSR count). The molecule has 0 bridgehead atoms. The summed E-state index contributed by atoms with van der Waals surface area (Å²) in [6.45, 7) is 2.03. The van der Waals surface area contributed by atoms with E-state index in [1.807, 2.05) is 23.1 Å². The molecule has 0 unspecified atom stereocenters. The molecule has 1 aromatic heterocycles. The van der Waals surface area contributed by atoms with Crippen LogP contribution in [0.3, 0.4) is 0 Å². The average molecular weight is 259 g/mol. The number of amides is 1. The largest absolute Gasteiger partial charge is 0.387 e. The monoisotopic (exact) mass is 259 g/mol. The predicted molar refractivity (Wildman–Crippen MR) is 70.0 cm³/mol. The Morgan fingerprint density at radius 3 is 3.00 bits per heavy atom. The van der Waals surface area contributed by atoms with Crippen LogP contribution in [0.1, 0.15) is 12.5 Å². The van der Waals surface area contributed by atoms with E-state index in [0.29, 0.717) is 18.7 Å². The summed E-state index contributed by atoms with van der Waals surface area (Å²) in [5, 5.41) is 16.5. The Bertz CT molecular complexity index is 323.